The standard InChI is InChI=1S/C21H24N2O/c1-2-3-4-7-13-24-17-10-8-9-16(14-17)21-15-19(22)18-11-5-6-12-20(18)23-21/h5-6,8-12,14-15H,2-4,7,13H2,1H3,(H2,22,23). The normalized spacial score (nSPS) is 10.9. The second kappa shape index (κ2) is 7.82. The van der Waals surface area contributed by atoms with E-state index in [1.165, 1.54) is 19.3 Å². The fourth-order valence-corrected chi connectivity index (χ4v) is 2.81. The molecule has 124 valence electrons. The van der Waals surface area contributed by atoms with Crippen LogP contribution in [0.3, 0.4) is 0 Å². The number of nitrogens with zero attached hydrogens (tertiary/aromatic N) is 1. The molecular formula is C21H24N2O. The molecule has 3 heteroatoms. The highest BCUT2D eigenvalue weighted by molar-refractivity contribution is 5.92. The summed E-state index contributed by atoms with van der Waals surface area (Å²) in [6, 6.07) is 18.0. The van der Waals surface area contributed by atoms with Gasteiger partial charge >= 0.3 is 0 Å². The smallest absolute Gasteiger partial charge is 0.119 e. The monoisotopic (exact) mass is 320 g/mol. The molecule has 0 aliphatic heterocycles. The van der Waals surface area contributed by atoms with Crippen LogP contribution < -0.4 is 10.5 Å². The number of rotatable bonds is 7. The highest BCUT2D eigenvalue weighted by atomic mass is 16.5. The van der Waals surface area contributed by atoms with Crippen molar-refractivity contribution in [2.75, 3.05) is 12.3 Å². The first-order valence-corrected chi connectivity index (χ1v) is 8.66. The summed E-state index contributed by atoms with van der Waals surface area (Å²) in [5.41, 5.74) is 9.76. The third-order valence-corrected chi connectivity index (χ3v) is 4.14. The Hall–Kier alpha value is -2.55. The topological polar surface area (TPSA) is 48.1 Å². The molecule has 2 N–H and O–H groups in total. The van der Waals surface area contributed by atoms with E-state index in [9.17, 15) is 0 Å². The minimum absolute atomic E-state index is 0.751. The van der Waals surface area contributed by atoms with E-state index in [2.05, 4.69) is 6.92 Å². The summed E-state index contributed by atoms with van der Waals surface area (Å²) >= 11 is 0. The summed E-state index contributed by atoms with van der Waals surface area (Å²) in [6.45, 7) is 2.98. The molecule has 0 atom stereocenters. The number of hydrogen-bond donors (Lipinski definition) is 1. The second-order valence-corrected chi connectivity index (χ2v) is 6.05. The van der Waals surface area contributed by atoms with E-state index in [1.807, 2.05) is 54.6 Å². The number of aromatic nitrogens is 1. The molecule has 1 heterocycles. The molecule has 0 unspecified atom stereocenters. The third-order valence-electron chi connectivity index (χ3n) is 4.14. The van der Waals surface area contributed by atoms with Crippen LogP contribution in [-0.4, -0.2) is 11.6 Å². The molecule has 0 amide bonds. The summed E-state index contributed by atoms with van der Waals surface area (Å²) in [5.74, 6) is 0.887. The maximum Gasteiger partial charge on any atom is 0.119 e. The number of ether oxygens (including phenoxy) is 1. The van der Waals surface area contributed by atoms with Crippen molar-refractivity contribution in [3.8, 4) is 17.0 Å². The SMILES string of the molecule is CCCCCCOc1cccc(-c2cc(N)c3ccccc3n2)c1. The number of para-hydroxylation sites is 1. The first kappa shape index (κ1) is 16.3. The molecule has 0 aliphatic rings. The Kier molecular flexibility index (Phi) is 5.32. The molecule has 0 aliphatic carbocycles. The molecule has 0 spiro atoms. The zero-order valence-corrected chi connectivity index (χ0v) is 14.2. The highest BCUT2D eigenvalue weighted by Gasteiger charge is 2.06. The number of hydrogen-bond acceptors (Lipinski definition) is 3. The Morgan fingerprint density at radius 1 is 0.958 bits per heavy atom. The van der Waals surface area contributed by atoms with Gasteiger partial charge in [0.2, 0.25) is 0 Å². The summed E-state index contributed by atoms with van der Waals surface area (Å²) in [6.07, 6.45) is 4.83. The zero-order chi connectivity index (χ0) is 16.8. The maximum atomic E-state index is 6.19. The predicted molar refractivity (Wildman–Crippen MR) is 101 cm³/mol. The van der Waals surface area contributed by atoms with Crippen LogP contribution >= 0.6 is 0 Å². The predicted octanol–water partition coefficient (Wildman–Crippen LogP) is 5.44. The number of nitrogen functional groups attached to an aromatic ring is 1. The summed E-state index contributed by atoms with van der Waals surface area (Å²) in [5, 5.41) is 0.990. The van der Waals surface area contributed by atoms with Gasteiger partial charge in [-0.25, -0.2) is 4.98 Å². The van der Waals surface area contributed by atoms with Gasteiger partial charge < -0.3 is 10.5 Å². The van der Waals surface area contributed by atoms with Gasteiger partial charge in [0.25, 0.3) is 0 Å². The van der Waals surface area contributed by atoms with Crippen LogP contribution in [0.2, 0.25) is 0 Å². The Balaban J connectivity index is 1.78. The van der Waals surface area contributed by atoms with Gasteiger partial charge in [-0.05, 0) is 30.7 Å². The summed E-state index contributed by atoms with van der Waals surface area (Å²) in [7, 11) is 0. The van der Waals surface area contributed by atoms with Crippen molar-refractivity contribution in [2.45, 2.75) is 32.6 Å². The van der Waals surface area contributed by atoms with E-state index in [4.69, 9.17) is 15.5 Å². The maximum absolute atomic E-state index is 6.19. The van der Waals surface area contributed by atoms with Crippen LogP contribution in [0.15, 0.2) is 54.6 Å². The van der Waals surface area contributed by atoms with Crippen LogP contribution in [0.4, 0.5) is 5.69 Å². The first-order chi connectivity index (χ1) is 11.8. The Morgan fingerprint density at radius 3 is 2.71 bits per heavy atom. The van der Waals surface area contributed by atoms with Gasteiger partial charge in [-0.1, -0.05) is 56.5 Å². The van der Waals surface area contributed by atoms with Crippen LogP contribution in [0, 0.1) is 0 Å². The van der Waals surface area contributed by atoms with Gasteiger partial charge in [0.15, 0.2) is 0 Å². The molecule has 3 aromatic rings. The van der Waals surface area contributed by atoms with Crippen LogP contribution in [-0.2, 0) is 0 Å². The molecule has 2 aromatic carbocycles. The lowest BCUT2D eigenvalue weighted by atomic mass is 10.1. The quantitative estimate of drug-likeness (QED) is 0.589. The fraction of sp³-hybridized carbons (Fsp3) is 0.286. The van der Waals surface area contributed by atoms with Crippen molar-refractivity contribution < 1.29 is 4.74 Å². The fourth-order valence-electron chi connectivity index (χ4n) is 2.81. The lowest BCUT2D eigenvalue weighted by Crippen LogP contribution is -1.97. The minimum Gasteiger partial charge on any atom is -0.494 e. The first-order valence-electron chi connectivity index (χ1n) is 8.66. The zero-order valence-electron chi connectivity index (χ0n) is 14.2. The number of nitrogens with two attached hydrogens (primary N) is 1. The van der Waals surface area contributed by atoms with E-state index in [0.29, 0.717) is 0 Å². The van der Waals surface area contributed by atoms with Crippen molar-refractivity contribution >= 4 is 16.6 Å². The average Bonchev–Trinajstić information content (AvgIpc) is 2.62. The molecule has 0 bridgehead atoms. The van der Waals surface area contributed by atoms with Gasteiger partial charge in [-0.3, -0.25) is 0 Å². The summed E-state index contributed by atoms with van der Waals surface area (Å²) in [4.78, 5) is 4.73. The summed E-state index contributed by atoms with van der Waals surface area (Å²) < 4.78 is 5.87. The van der Waals surface area contributed by atoms with Crippen molar-refractivity contribution in [2.24, 2.45) is 0 Å². The number of anilines is 1. The third kappa shape index (κ3) is 3.85. The minimum atomic E-state index is 0.751. The Bertz CT molecular complexity index is 814. The van der Waals surface area contributed by atoms with Crippen molar-refractivity contribution in [1.82, 2.24) is 4.98 Å². The number of unbranched alkanes of at least 4 members (excludes halogenated alkanes) is 3. The van der Waals surface area contributed by atoms with Crippen LogP contribution in [0.25, 0.3) is 22.2 Å². The van der Waals surface area contributed by atoms with E-state index < -0.39 is 0 Å². The molecule has 0 fully saturated rings. The van der Waals surface area contributed by atoms with Crippen molar-refractivity contribution in [1.29, 1.82) is 0 Å². The number of pyridine rings is 1. The van der Waals surface area contributed by atoms with Gasteiger partial charge in [0.05, 0.1) is 17.8 Å². The molecule has 0 radical (unpaired) electrons. The lowest BCUT2D eigenvalue weighted by Gasteiger charge is -2.09. The highest BCUT2D eigenvalue weighted by Crippen LogP contribution is 2.28. The molecule has 24 heavy (non-hydrogen) atoms. The van der Waals surface area contributed by atoms with Gasteiger partial charge in [-0.2, -0.15) is 0 Å². The molecule has 3 nitrogen and oxygen atoms in total. The molecule has 1 aromatic heterocycles. The lowest BCUT2D eigenvalue weighted by molar-refractivity contribution is 0.305. The van der Waals surface area contributed by atoms with Crippen LogP contribution in [0.5, 0.6) is 5.75 Å². The molecule has 0 saturated carbocycles. The largest absolute Gasteiger partial charge is 0.494 e. The van der Waals surface area contributed by atoms with Crippen LogP contribution in [0.1, 0.15) is 32.6 Å². The van der Waals surface area contributed by atoms with Crippen molar-refractivity contribution in [3.05, 3.63) is 54.6 Å². The van der Waals surface area contributed by atoms with E-state index >= 15 is 0 Å². The Labute approximate surface area is 143 Å². The number of benzene rings is 2. The van der Waals surface area contributed by atoms with Gasteiger partial charge in [-0.15, -0.1) is 0 Å². The average molecular weight is 320 g/mol. The van der Waals surface area contributed by atoms with E-state index in [-0.39, 0.29) is 0 Å². The molecule has 3 rings (SSSR count). The number of fused-ring (bicyclic) bond motifs is 1. The Morgan fingerprint density at radius 2 is 1.83 bits per heavy atom. The van der Waals surface area contributed by atoms with E-state index in [1.54, 1.807) is 0 Å². The molecule has 0 saturated heterocycles. The van der Waals surface area contributed by atoms with E-state index in [0.717, 1.165) is 46.6 Å². The van der Waals surface area contributed by atoms with Gasteiger partial charge in [0, 0.05) is 16.6 Å². The van der Waals surface area contributed by atoms with Crippen molar-refractivity contribution in [3.63, 3.8) is 0 Å². The van der Waals surface area contributed by atoms with Gasteiger partial charge in [0.1, 0.15) is 5.75 Å². The second-order valence-electron chi connectivity index (χ2n) is 6.05. The molecular weight excluding hydrogens is 296 g/mol.